The molecule has 0 aromatic heterocycles. The van der Waals surface area contributed by atoms with Gasteiger partial charge < -0.3 is 0 Å². The summed E-state index contributed by atoms with van der Waals surface area (Å²) in [6.07, 6.45) is 2.76. The Bertz CT molecular complexity index is 602. The summed E-state index contributed by atoms with van der Waals surface area (Å²) in [4.78, 5) is 2.47. The summed E-state index contributed by atoms with van der Waals surface area (Å²) in [5, 5.41) is 5.26. The molecule has 0 aliphatic carbocycles. The number of hydrogen-bond donors (Lipinski definition) is 1. The Hall–Kier alpha value is -0.950. The van der Waals surface area contributed by atoms with E-state index in [2.05, 4.69) is 29.2 Å². The van der Waals surface area contributed by atoms with Gasteiger partial charge in [-0.05, 0) is 30.4 Å². The lowest BCUT2D eigenvalue weighted by molar-refractivity contribution is 0.0970. The number of nitrogens with two attached hydrogens (primary N) is 1. The third-order valence-electron chi connectivity index (χ3n) is 4.68. The lowest BCUT2D eigenvalue weighted by atomic mass is 9.85. The molecule has 2 N–H and O–H groups in total. The van der Waals surface area contributed by atoms with Gasteiger partial charge in [-0.25, -0.2) is 5.14 Å². The van der Waals surface area contributed by atoms with Crippen molar-refractivity contribution in [2.45, 2.75) is 31.3 Å². The van der Waals surface area contributed by atoms with E-state index in [4.69, 9.17) is 5.14 Å². The highest BCUT2D eigenvalue weighted by Crippen LogP contribution is 2.37. The monoisotopic (exact) mass is 295 g/mol. The molecule has 1 aromatic carbocycles. The van der Waals surface area contributed by atoms with E-state index in [9.17, 15) is 8.42 Å². The van der Waals surface area contributed by atoms with E-state index in [-0.39, 0.29) is 6.04 Å². The zero-order valence-corrected chi connectivity index (χ0v) is 12.5. The minimum absolute atomic E-state index is 0.00240. The quantitative estimate of drug-likeness (QED) is 0.881. The van der Waals surface area contributed by atoms with E-state index in [1.807, 2.05) is 0 Å². The summed E-state index contributed by atoms with van der Waals surface area (Å²) in [7, 11) is -2.02. The molecule has 2 heterocycles. The number of piperidine rings is 1. The van der Waals surface area contributed by atoms with E-state index < -0.39 is 10.2 Å². The average Bonchev–Trinajstić information content (AvgIpc) is 2.45. The first-order chi connectivity index (χ1) is 9.47. The standard InChI is InChI=1S/C14H21N3O2S/c1-16(20(15,18)19)12-7-9-17-8-6-11-4-2-3-5-13(11)14(17)10-12/h2-5,12,14H,6-10H2,1H3,(H2,15,18,19)/t12-,14?/m1/s1. The van der Waals surface area contributed by atoms with E-state index in [1.54, 1.807) is 7.05 Å². The van der Waals surface area contributed by atoms with Crippen LogP contribution in [0.15, 0.2) is 24.3 Å². The summed E-state index contributed by atoms with van der Waals surface area (Å²) in [5.74, 6) is 0. The highest BCUT2D eigenvalue weighted by Gasteiger charge is 2.36. The van der Waals surface area contributed by atoms with E-state index in [0.717, 1.165) is 32.4 Å². The molecule has 1 saturated heterocycles. The Morgan fingerprint density at radius 2 is 2.05 bits per heavy atom. The number of nitrogens with zero attached hydrogens (tertiary/aromatic N) is 2. The molecule has 1 fully saturated rings. The topological polar surface area (TPSA) is 66.6 Å². The van der Waals surface area contributed by atoms with Crippen molar-refractivity contribution in [3.8, 4) is 0 Å². The van der Waals surface area contributed by atoms with Crippen LogP contribution in [0.25, 0.3) is 0 Å². The lowest BCUT2D eigenvalue weighted by Gasteiger charge is -2.45. The number of benzene rings is 1. The van der Waals surface area contributed by atoms with Crippen LogP contribution < -0.4 is 5.14 Å². The Morgan fingerprint density at radius 3 is 2.80 bits per heavy atom. The van der Waals surface area contributed by atoms with E-state index in [1.165, 1.54) is 15.4 Å². The van der Waals surface area contributed by atoms with Crippen LogP contribution >= 0.6 is 0 Å². The zero-order valence-electron chi connectivity index (χ0n) is 11.7. The van der Waals surface area contributed by atoms with Gasteiger partial charge in [0.1, 0.15) is 0 Å². The molecule has 20 heavy (non-hydrogen) atoms. The van der Waals surface area contributed by atoms with Gasteiger partial charge in [-0.3, -0.25) is 4.90 Å². The molecule has 2 aliphatic rings. The fraction of sp³-hybridized carbons (Fsp3) is 0.571. The van der Waals surface area contributed by atoms with Gasteiger partial charge in [-0.2, -0.15) is 12.7 Å². The molecule has 3 rings (SSSR count). The molecule has 1 aromatic rings. The number of fused-ring (bicyclic) bond motifs is 3. The predicted octanol–water partition coefficient (Wildman–Crippen LogP) is 0.884. The Morgan fingerprint density at radius 1 is 1.30 bits per heavy atom. The van der Waals surface area contributed by atoms with Crippen LogP contribution in [0.2, 0.25) is 0 Å². The molecule has 5 nitrogen and oxygen atoms in total. The number of hydrogen-bond acceptors (Lipinski definition) is 3. The molecule has 0 amide bonds. The molecule has 2 atom stereocenters. The first kappa shape index (κ1) is 14.0. The molecule has 0 saturated carbocycles. The Labute approximate surface area is 120 Å². The lowest BCUT2D eigenvalue weighted by Crippen LogP contribution is -2.50. The number of rotatable bonds is 2. The van der Waals surface area contributed by atoms with E-state index in [0.29, 0.717) is 6.04 Å². The van der Waals surface area contributed by atoms with Crippen LogP contribution in [-0.2, 0) is 16.6 Å². The molecular formula is C14H21N3O2S. The van der Waals surface area contributed by atoms with Gasteiger partial charge in [-0.15, -0.1) is 0 Å². The summed E-state index contributed by atoms with van der Waals surface area (Å²) in [6, 6.07) is 8.81. The highest BCUT2D eigenvalue weighted by molar-refractivity contribution is 7.86. The highest BCUT2D eigenvalue weighted by atomic mass is 32.2. The van der Waals surface area contributed by atoms with Crippen molar-refractivity contribution < 1.29 is 8.42 Å². The molecule has 0 radical (unpaired) electrons. The van der Waals surface area contributed by atoms with Crippen molar-refractivity contribution in [3.63, 3.8) is 0 Å². The maximum Gasteiger partial charge on any atom is 0.276 e. The van der Waals surface area contributed by atoms with Crippen molar-refractivity contribution in [2.24, 2.45) is 5.14 Å². The zero-order chi connectivity index (χ0) is 14.3. The van der Waals surface area contributed by atoms with Crippen LogP contribution in [0.3, 0.4) is 0 Å². The Balaban J connectivity index is 1.86. The molecule has 0 bridgehead atoms. The minimum atomic E-state index is -3.60. The molecular weight excluding hydrogens is 274 g/mol. The van der Waals surface area contributed by atoms with Gasteiger partial charge in [-0.1, -0.05) is 24.3 Å². The normalized spacial score (nSPS) is 27.1. The van der Waals surface area contributed by atoms with Crippen molar-refractivity contribution in [1.29, 1.82) is 0 Å². The van der Waals surface area contributed by atoms with E-state index >= 15 is 0 Å². The van der Waals surface area contributed by atoms with Crippen LogP contribution in [0.4, 0.5) is 0 Å². The molecule has 2 aliphatic heterocycles. The smallest absolute Gasteiger partial charge is 0.276 e. The van der Waals surface area contributed by atoms with Gasteiger partial charge >= 0.3 is 0 Å². The van der Waals surface area contributed by atoms with Crippen LogP contribution in [0, 0.1) is 0 Å². The summed E-state index contributed by atoms with van der Waals surface area (Å²) in [5.41, 5.74) is 2.75. The van der Waals surface area contributed by atoms with Crippen molar-refractivity contribution in [1.82, 2.24) is 9.21 Å². The minimum Gasteiger partial charge on any atom is -0.296 e. The van der Waals surface area contributed by atoms with Gasteiger partial charge in [0, 0.05) is 32.2 Å². The third-order valence-corrected chi connectivity index (χ3v) is 5.78. The second kappa shape index (κ2) is 5.11. The first-order valence-electron chi connectivity index (χ1n) is 7.04. The first-order valence-corrected chi connectivity index (χ1v) is 8.55. The Kier molecular flexibility index (Phi) is 3.58. The van der Waals surface area contributed by atoms with Gasteiger partial charge in [0.25, 0.3) is 10.2 Å². The van der Waals surface area contributed by atoms with Gasteiger partial charge in [0.15, 0.2) is 0 Å². The second-order valence-corrected chi connectivity index (χ2v) is 7.35. The van der Waals surface area contributed by atoms with Crippen LogP contribution in [0.5, 0.6) is 0 Å². The third kappa shape index (κ3) is 2.48. The second-order valence-electron chi connectivity index (χ2n) is 5.74. The largest absolute Gasteiger partial charge is 0.296 e. The molecule has 1 unspecified atom stereocenters. The maximum atomic E-state index is 11.5. The summed E-state index contributed by atoms with van der Waals surface area (Å²) in [6.45, 7) is 2.00. The molecule has 6 heteroatoms. The van der Waals surface area contributed by atoms with Crippen molar-refractivity contribution in [3.05, 3.63) is 35.4 Å². The van der Waals surface area contributed by atoms with Crippen LogP contribution in [-0.4, -0.2) is 43.8 Å². The maximum absolute atomic E-state index is 11.5. The predicted molar refractivity (Wildman–Crippen MR) is 78.4 cm³/mol. The average molecular weight is 295 g/mol. The fourth-order valence-electron chi connectivity index (χ4n) is 3.48. The molecule has 110 valence electrons. The van der Waals surface area contributed by atoms with Gasteiger partial charge in [0.2, 0.25) is 0 Å². The van der Waals surface area contributed by atoms with Crippen molar-refractivity contribution >= 4 is 10.2 Å². The van der Waals surface area contributed by atoms with Crippen molar-refractivity contribution in [2.75, 3.05) is 20.1 Å². The SMILES string of the molecule is CN([C@@H]1CCN2CCc3ccccc3C2C1)S(N)(=O)=O. The summed E-state index contributed by atoms with van der Waals surface area (Å²) < 4.78 is 24.4. The van der Waals surface area contributed by atoms with Gasteiger partial charge in [0.05, 0.1) is 0 Å². The fourth-order valence-corrected chi connectivity index (χ4v) is 4.08. The summed E-state index contributed by atoms with van der Waals surface area (Å²) >= 11 is 0. The molecule has 0 spiro atoms. The van der Waals surface area contributed by atoms with Crippen LogP contribution in [0.1, 0.15) is 30.0 Å².